The van der Waals surface area contributed by atoms with Crippen LogP contribution in [0, 0.1) is 19.8 Å². The summed E-state index contributed by atoms with van der Waals surface area (Å²) >= 11 is 5.93. The van der Waals surface area contributed by atoms with Crippen molar-refractivity contribution in [1.82, 2.24) is 9.97 Å². The fourth-order valence-corrected chi connectivity index (χ4v) is 2.38. The molecule has 1 aliphatic carbocycles. The number of carbonyl (C=O) groups excluding carboxylic acids is 1. The van der Waals surface area contributed by atoms with Gasteiger partial charge in [-0.15, -0.1) is 0 Å². The van der Waals surface area contributed by atoms with Crippen molar-refractivity contribution < 1.29 is 4.79 Å². The molecule has 1 amide bonds. The van der Waals surface area contributed by atoms with E-state index in [1.54, 1.807) is 17.0 Å². The first-order valence-electron chi connectivity index (χ1n) is 6.96. The van der Waals surface area contributed by atoms with Crippen molar-refractivity contribution in [3.8, 4) is 0 Å². The highest BCUT2D eigenvalue weighted by atomic mass is 35.5. The number of hydrogen-bond donors (Lipinski definition) is 0. The minimum Gasteiger partial charge on any atom is -0.274 e. The maximum atomic E-state index is 12.6. The number of carbonyl (C=O) groups is 1. The zero-order valence-electron chi connectivity index (χ0n) is 12.0. The number of anilines is 2. The normalized spacial score (nSPS) is 14.0. The number of rotatable bonds is 3. The van der Waals surface area contributed by atoms with Gasteiger partial charge in [0.05, 0.1) is 5.69 Å². The summed E-state index contributed by atoms with van der Waals surface area (Å²) in [5, 5.41) is 0.638. The Morgan fingerprint density at radius 1 is 1.14 bits per heavy atom. The van der Waals surface area contributed by atoms with E-state index in [9.17, 15) is 4.79 Å². The highest BCUT2D eigenvalue weighted by Gasteiger charge is 2.36. The molecule has 0 radical (unpaired) electrons. The first-order valence-corrected chi connectivity index (χ1v) is 7.34. The molecule has 0 bridgehead atoms. The van der Waals surface area contributed by atoms with E-state index >= 15 is 0 Å². The summed E-state index contributed by atoms with van der Waals surface area (Å²) in [6.07, 6.45) is 1.88. The van der Waals surface area contributed by atoms with E-state index in [0.29, 0.717) is 11.0 Å². The zero-order valence-corrected chi connectivity index (χ0v) is 12.8. The van der Waals surface area contributed by atoms with E-state index in [-0.39, 0.29) is 11.8 Å². The standard InChI is InChI=1S/C16H16ClN3O/c1-10-9-11(2)19-16(18-10)20(15(21)12-3-4-12)14-7-5-13(17)6-8-14/h5-9,12H,3-4H2,1-2H3. The second-order valence-corrected chi connectivity index (χ2v) is 5.81. The van der Waals surface area contributed by atoms with E-state index < -0.39 is 0 Å². The van der Waals surface area contributed by atoms with Crippen LogP contribution in [0.25, 0.3) is 0 Å². The van der Waals surface area contributed by atoms with Crippen molar-refractivity contribution in [3.63, 3.8) is 0 Å². The van der Waals surface area contributed by atoms with Crippen molar-refractivity contribution in [2.24, 2.45) is 5.92 Å². The Hall–Kier alpha value is -1.94. The molecule has 4 nitrogen and oxygen atoms in total. The summed E-state index contributed by atoms with van der Waals surface area (Å²) < 4.78 is 0. The third-order valence-corrected chi connectivity index (χ3v) is 3.65. The molecule has 0 saturated heterocycles. The molecule has 0 atom stereocenters. The van der Waals surface area contributed by atoms with Crippen LogP contribution in [0.15, 0.2) is 30.3 Å². The van der Waals surface area contributed by atoms with Gasteiger partial charge in [0.1, 0.15) is 0 Å². The van der Waals surface area contributed by atoms with Crippen LogP contribution in [-0.2, 0) is 4.79 Å². The van der Waals surface area contributed by atoms with Crippen molar-refractivity contribution in [1.29, 1.82) is 0 Å². The Morgan fingerprint density at radius 3 is 2.24 bits per heavy atom. The van der Waals surface area contributed by atoms with Gasteiger partial charge in [-0.1, -0.05) is 11.6 Å². The molecule has 1 heterocycles. The lowest BCUT2D eigenvalue weighted by molar-refractivity contribution is -0.119. The molecule has 3 rings (SSSR count). The van der Waals surface area contributed by atoms with Crippen LogP contribution in [0.2, 0.25) is 5.02 Å². The van der Waals surface area contributed by atoms with E-state index in [4.69, 9.17) is 11.6 Å². The number of benzene rings is 1. The van der Waals surface area contributed by atoms with Gasteiger partial charge in [-0.2, -0.15) is 0 Å². The molecule has 1 aromatic carbocycles. The average molecular weight is 302 g/mol. The van der Waals surface area contributed by atoms with E-state index in [1.165, 1.54) is 0 Å². The molecular weight excluding hydrogens is 286 g/mol. The Kier molecular flexibility index (Phi) is 3.64. The fraction of sp³-hybridized carbons (Fsp3) is 0.312. The lowest BCUT2D eigenvalue weighted by Crippen LogP contribution is -2.29. The van der Waals surface area contributed by atoms with Gasteiger partial charge in [0.25, 0.3) is 0 Å². The molecule has 1 fully saturated rings. The molecular formula is C16H16ClN3O. The van der Waals surface area contributed by atoms with Gasteiger partial charge in [0.2, 0.25) is 11.9 Å². The number of aryl methyl sites for hydroxylation is 2. The van der Waals surface area contributed by atoms with Crippen LogP contribution in [0.5, 0.6) is 0 Å². The maximum absolute atomic E-state index is 12.6. The smallest absolute Gasteiger partial charge is 0.237 e. The summed E-state index contributed by atoms with van der Waals surface area (Å²) in [7, 11) is 0. The quantitative estimate of drug-likeness (QED) is 0.865. The number of halogens is 1. The second kappa shape index (κ2) is 5.45. The van der Waals surface area contributed by atoms with Gasteiger partial charge >= 0.3 is 0 Å². The summed E-state index contributed by atoms with van der Waals surface area (Å²) in [5.74, 6) is 0.583. The van der Waals surface area contributed by atoms with Crippen LogP contribution in [0.1, 0.15) is 24.2 Å². The third-order valence-electron chi connectivity index (χ3n) is 3.40. The van der Waals surface area contributed by atoms with E-state index in [2.05, 4.69) is 9.97 Å². The topological polar surface area (TPSA) is 46.1 Å². The highest BCUT2D eigenvalue weighted by molar-refractivity contribution is 6.30. The number of nitrogens with zero attached hydrogens (tertiary/aromatic N) is 3. The summed E-state index contributed by atoms with van der Waals surface area (Å²) in [6.45, 7) is 3.81. The van der Waals surface area contributed by atoms with Crippen molar-refractivity contribution in [2.75, 3.05) is 4.90 Å². The molecule has 0 unspecified atom stereocenters. The Bertz CT molecular complexity index is 660. The first kappa shape index (κ1) is 14.0. The minimum absolute atomic E-state index is 0.0577. The molecule has 2 aromatic rings. The van der Waals surface area contributed by atoms with Gasteiger partial charge in [-0.05, 0) is 57.0 Å². The number of amides is 1. The van der Waals surface area contributed by atoms with Crippen LogP contribution >= 0.6 is 11.6 Å². The highest BCUT2D eigenvalue weighted by Crippen LogP contribution is 2.35. The van der Waals surface area contributed by atoms with Crippen molar-refractivity contribution in [2.45, 2.75) is 26.7 Å². The molecule has 1 aromatic heterocycles. The van der Waals surface area contributed by atoms with E-state index in [0.717, 1.165) is 29.9 Å². The molecule has 0 N–H and O–H groups in total. The Labute approximate surface area is 128 Å². The lowest BCUT2D eigenvalue weighted by Gasteiger charge is -2.21. The number of hydrogen-bond acceptors (Lipinski definition) is 3. The predicted molar refractivity (Wildman–Crippen MR) is 82.8 cm³/mol. The van der Waals surface area contributed by atoms with Crippen LogP contribution in [-0.4, -0.2) is 15.9 Å². The van der Waals surface area contributed by atoms with Gasteiger partial charge in [0.15, 0.2) is 0 Å². The first-order chi connectivity index (χ1) is 10.0. The van der Waals surface area contributed by atoms with Gasteiger partial charge in [0, 0.05) is 22.3 Å². The largest absolute Gasteiger partial charge is 0.274 e. The number of aromatic nitrogens is 2. The van der Waals surface area contributed by atoms with E-state index in [1.807, 2.05) is 32.0 Å². The lowest BCUT2D eigenvalue weighted by atomic mass is 10.2. The summed E-state index contributed by atoms with van der Waals surface area (Å²) in [4.78, 5) is 23.1. The molecule has 1 aliphatic rings. The molecule has 108 valence electrons. The molecule has 1 saturated carbocycles. The molecule has 21 heavy (non-hydrogen) atoms. The van der Waals surface area contributed by atoms with Gasteiger partial charge < -0.3 is 0 Å². The van der Waals surface area contributed by atoms with Crippen LogP contribution in [0.3, 0.4) is 0 Å². The van der Waals surface area contributed by atoms with Crippen molar-refractivity contribution in [3.05, 3.63) is 46.7 Å². The monoisotopic (exact) mass is 301 g/mol. The third kappa shape index (κ3) is 3.05. The summed E-state index contributed by atoms with van der Waals surface area (Å²) in [6, 6.07) is 9.08. The maximum Gasteiger partial charge on any atom is 0.237 e. The fourth-order valence-electron chi connectivity index (χ4n) is 2.25. The predicted octanol–water partition coefficient (Wildman–Crippen LogP) is 3.82. The van der Waals surface area contributed by atoms with Crippen LogP contribution in [0.4, 0.5) is 11.6 Å². The SMILES string of the molecule is Cc1cc(C)nc(N(C(=O)C2CC2)c2ccc(Cl)cc2)n1. The second-order valence-electron chi connectivity index (χ2n) is 5.38. The zero-order chi connectivity index (χ0) is 15.0. The Morgan fingerprint density at radius 2 is 1.71 bits per heavy atom. The molecule has 5 heteroatoms. The Balaban J connectivity index is 2.06. The molecule has 0 spiro atoms. The minimum atomic E-state index is 0.0577. The van der Waals surface area contributed by atoms with Gasteiger partial charge in [-0.25, -0.2) is 14.9 Å². The van der Waals surface area contributed by atoms with Crippen molar-refractivity contribution >= 4 is 29.1 Å². The van der Waals surface area contributed by atoms with Gasteiger partial charge in [-0.3, -0.25) is 4.79 Å². The summed E-state index contributed by atoms with van der Waals surface area (Å²) in [5.41, 5.74) is 2.45. The molecule has 0 aliphatic heterocycles. The average Bonchev–Trinajstić information content (AvgIpc) is 3.24. The van der Waals surface area contributed by atoms with Crippen LogP contribution < -0.4 is 4.90 Å².